The van der Waals surface area contributed by atoms with Crippen LogP contribution in [0.5, 0.6) is 0 Å². The van der Waals surface area contributed by atoms with Crippen LogP contribution in [-0.4, -0.2) is 113 Å². The van der Waals surface area contributed by atoms with Crippen LogP contribution in [-0.2, 0) is 14.3 Å². The predicted molar refractivity (Wildman–Crippen MR) is 227 cm³/mol. The molecule has 4 atom stereocenters. The van der Waals surface area contributed by atoms with Gasteiger partial charge in [0.05, 0.1) is 64.7 Å². The summed E-state index contributed by atoms with van der Waals surface area (Å²) in [5.41, 5.74) is 2.38. The van der Waals surface area contributed by atoms with Crippen LogP contribution in [0, 0.1) is 4.64 Å². The lowest BCUT2D eigenvalue weighted by Gasteiger charge is -2.38. The first kappa shape index (κ1) is 43.0. The highest BCUT2D eigenvalue weighted by Crippen LogP contribution is 2.32. The average molecular weight is 855 g/mol. The first-order valence-corrected chi connectivity index (χ1v) is 22.2. The molecule has 6 heterocycles. The number of pyridine rings is 2. The highest BCUT2D eigenvalue weighted by molar-refractivity contribution is 7.99. The first-order valence-electron chi connectivity index (χ1n) is 19.1. The Morgan fingerprint density at radius 3 is 1.71 bits per heavy atom. The van der Waals surface area contributed by atoms with Crippen molar-refractivity contribution in [2.24, 2.45) is 0 Å². The molecule has 0 radical (unpaired) electrons. The molecule has 4 aromatic heterocycles. The molecule has 0 saturated carbocycles. The number of nitrogens with zero attached hydrogens (tertiary/aromatic N) is 9. The molecule has 308 valence electrons. The van der Waals surface area contributed by atoms with Crippen LogP contribution in [0.4, 0.5) is 0 Å². The fraction of sp³-hybridized carbons (Fsp3) is 0.317. The average Bonchev–Trinajstić information content (AvgIpc) is 3.99. The summed E-state index contributed by atoms with van der Waals surface area (Å²) in [5.74, 6) is -0.163. The van der Waals surface area contributed by atoms with Crippen molar-refractivity contribution in [2.45, 2.75) is 68.0 Å². The number of carbonyl (C=O) groups is 2. The summed E-state index contributed by atoms with van der Waals surface area (Å²) in [4.78, 5) is 40.2. The summed E-state index contributed by atoms with van der Waals surface area (Å²) in [6, 6.07) is 26.4. The van der Waals surface area contributed by atoms with Crippen LogP contribution in [0.15, 0.2) is 127 Å². The summed E-state index contributed by atoms with van der Waals surface area (Å²) in [6.07, 6.45) is 13.8. The van der Waals surface area contributed by atoms with E-state index >= 15 is 0 Å². The van der Waals surface area contributed by atoms with E-state index in [9.17, 15) is 18.0 Å². The van der Waals surface area contributed by atoms with Crippen molar-refractivity contribution >= 4 is 45.9 Å². The van der Waals surface area contributed by atoms with Crippen molar-refractivity contribution in [1.29, 1.82) is 0 Å². The fourth-order valence-corrected chi connectivity index (χ4v) is 8.65. The van der Waals surface area contributed by atoms with Gasteiger partial charge in [-0.25, -0.2) is 4.98 Å². The van der Waals surface area contributed by atoms with Crippen LogP contribution in [0.1, 0.15) is 60.2 Å². The minimum Gasteiger partial charge on any atom is -0.353 e. The van der Waals surface area contributed by atoms with Gasteiger partial charge in [0.2, 0.25) is 0 Å². The molecule has 0 aliphatic carbocycles. The third-order valence-electron chi connectivity index (χ3n) is 9.65. The Morgan fingerprint density at radius 1 is 0.695 bits per heavy atom. The minimum absolute atomic E-state index is 0.00875. The molecule has 2 aliphatic rings. The van der Waals surface area contributed by atoms with Gasteiger partial charge in [-0.3, -0.25) is 13.8 Å². The Balaban J connectivity index is 0.000000171. The van der Waals surface area contributed by atoms with E-state index in [0.717, 1.165) is 28.8 Å². The Kier molecular flexibility index (Phi) is 14.9. The number of aromatic amines is 1. The third kappa shape index (κ3) is 12.0. The molecule has 2 saturated heterocycles. The largest absolute Gasteiger partial charge is 0.353 e. The van der Waals surface area contributed by atoms with Gasteiger partial charge in [0.15, 0.2) is 0 Å². The normalized spacial score (nSPS) is 19.1. The molecule has 6 aromatic rings. The first-order chi connectivity index (χ1) is 28.5. The van der Waals surface area contributed by atoms with Crippen LogP contribution < -0.4 is 0 Å². The Labute approximate surface area is 352 Å². The maximum atomic E-state index is 13.4. The Bertz CT molecular complexity index is 2420. The summed E-state index contributed by atoms with van der Waals surface area (Å²) in [7, 11) is -3.56. The van der Waals surface area contributed by atoms with Gasteiger partial charge in [-0.15, -0.1) is 11.8 Å². The SMILES string of the molecule is C[C@@H]1CC[C@@H](Sc2ccccn2)CN1C(=O)c1ccccc1-n1nccn1.C[C@@H]1CC[C@H](OS(C)(=O)=O)CN1C(=O)c1ccccc1-n1nccn1.S=c1cccc[nH]1. The van der Waals surface area contributed by atoms with Crippen molar-refractivity contribution in [1.82, 2.24) is 49.8 Å². The number of piperidine rings is 2. The second-order valence-corrected chi connectivity index (χ2v) is 17.4. The molecular weight excluding hydrogens is 809 g/mol. The number of para-hydroxylation sites is 2. The molecule has 15 nitrogen and oxygen atoms in total. The lowest BCUT2D eigenvalue weighted by Crippen LogP contribution is -2.48. The van der Waals surface area contributed by atoms with Crippen LogP contribution >= 0.6 is 24.0 Å². The summed E-state index contributed by atoms with van der Waals surface area (Å²) >= 11 is 6.51. The summed E-state index contributed by atoms with van der Waals surface area (Å²) < 4.78 is 28.7. The van der Waals surface area contributed by atoms with E-state index in [1.165, 1.54) is 9.59 Å². The number of thioether (sulfide) groups is 1. The second kappa shape index (κ2) is 20.4. The molecule has 2 amide bonds. The number of nitrogens with one attached hydrogen (secondary N) is 1. The summed E-state index contributed by atoms with van der Waals surface area (Å²) in [5, 5.41) is 17.9. The molecule has 8 rings (SSSR count). The molecule has 2 fully saturated rings. The van der Waals surface area contributed by atoms with Gasteiger partial charge in [-0.1, -0.05) is 48.6 Å². The highest BCUT2D eigenvalue weighted by Gasteiger charge is 2.34. The predicted octanol–water partition coefficient (Wildman–Crippen LogP) is 6.43. The number of likely N-dealkylation sites (tertiary alicyclic amines) is 2. The third-order valence-corrected chi connectivity index (χ3v) is 11.7. The van der Waals surface area contributed by atoms with Crippen molar-refractivity contribution in [2.75, 3.05) is 19.3 Å². The lowest BCUT2D eigenvalue weighted by molar-refractivity contribution is 0.0401. The van der Waals surface area contributed by atoms with Gasteiger partial charge < -0.3 is 14.8 Å². The van der Waals surface area contributed by atoms with Crippen LogP contribution in [0.25, 0.3) is 11.4 Å². The second-order valence-electron chi connectivity index (χ2n) is 14.0. The van der Waals surface area contributed by atoms with Crippen LogP contribution in [0.3, 0.4) is 0 Å². The van der Waals surface area contributed by atoms with Crippen molar-refractivity contribution in [3.8, 4) is 11.4 Å². The standard InChI is InChI=1S/C20H21N5OS.C16H20N4O4S.C5H5NS/c1-15-9-10-16(27-19-8-4-5-11-21-19)14-24(15)20(26)17-6-2-3-7-18(17)25-22-12-13-23-25;1-12-7-8-13(24-25(2,22)23)11-19(12)16(21)14-5-3-4-6-15(14)20-17-9-10-18-20;7-5-3-1-2-4-6-5/h2-8,11-13,15-16H,9-10,14H2,1H3;3-6,9-10,12-13H,7-8,11H2,1-2H3;1-4H,(H,6,7)/t15-,16-;12-,13+;/m11./s1. The van der Waals surface area contributed by atoms with E-state index in [4.69, 9.17) is 16.4 Å². The van der Waals surface area contributed by atoms with Gasteiger partial charge >= 0.3 is 0 Å². The quantitative estimate of drug-likeness (QED) is 0.132. The Hall–Kier alpha value is -5.56. The number of H-pyrrole nitrogens is 1. The smallest absolute Gasteiger partial charge is 0.264 e. The number of hydrogen-bond donors (Lipinski definition) is 1. The fourth-order valence-electron chi connectivity index (χ4n) is 6.75. The topological polar surface area (TPSA) is 174 Å². The zero-order valence-corrected chi connectivity index (χ0v) is 35.3. The maximum Gasteiger partial charge on any atom is 0.264 e. The Morgan fingerprint density at radius 2 is 1.22 bits per heavy atom. The van der Waals surface area contributed by atoms with Crippen molar-refractivity contribution in [3.05, 3.63) is 138 Å². The molecule has 2 aliphatic heterocycles. The summed E-state index contributed by atoms with van der Waals surface area (Å²) in [6.45, 7) is 5.01. The van der Waals surface area contributed by atoms with Gasteiger partial charge in [-0.05, 0) is 88.1 Å². The molecular formula is C41H46N10O5S3. The zero-order chi connectivity index (χ0) is 41.8. The van der Waals surface area contributed by atoms with E-state index in [-0.39, 0.29) is 30.4 Å². The van der Waals surface area contributed by atoms with Gasteiger partial charge in [-0.2, -0.15) is 38.4 Å². The number of benzene rings is 2. The molecule has 0 bridgehead atoms. The molecule has 2 aromatic carbocycles. The monoisotopic (exact) mass is 854 g/mol. The van der Waals surface area contributed by atoms with Gasteiger partial charge in [0, 0.05) is 42.8 Å². The van der Waals surface area contributed by atoms with Crippen molar-refractivity contribution < 1.29 is 22.2 Å². The van der Waals surface area contributed by atoms with Crippen molar-refractivity contribution in [3.63, 3.8) is 0 Å². The lowest BCUT2D eigenvalue weighted by atomic mass is 10.00. The molecule has 0 unspecified atom stereocenters. The van der Waals surface area contributed by atoms with E-state index < -0.39 is 16.2 Å². The van der Waals surface area contributed by atoms with E-state index in [0.29, 0.717) is 47.1 Å². The number of aromatic nitrogens is 8. The molecule has 18 heteroatoms. The molecule has 0 spiro atoms. The van der Waals surface area contributed by atoms with E-state index in [1.54, 1.807) is 59.6 Å². The van der Waals surface area contributed by atoms with E-state index in [2.05, 4.69) is 37.3 Å². The number of amides is 2. The zero-order valence-electron chi connectivity index (χ0n) is 32.9. The number of rotatable bonds is 8. The number of carbonyl (C=O) groups excluding carboxylic acids is 2. The highest BCUT2D eigenvalue weighted by atomic mass is 32.2. The molecule has 1 N–H and O–H groups in total. The molecule has 59 heavy (non-hydrogen) atoms. The van der Waals surface area contributed by atoms with Gasteiger partial charge in [0.1, 0.15) is 4.64 Å². The van der Waals surface area contributed by atoms with Gasteiger partial charge in [0.25, 0.3) is 21.9 Å². The van der Waals surface area contributed by atoms with Crippen LogP contribution in [0.2, 0.25) is 0 Å². The maximum absolute atomic E-state index is 13.4. The minimum atomic E-state index is -3.56. The number of hydrogen-bond acceptors (Lipinski definition) is 12. The van der Waals surface area contributed by atoms with E-state index in [1.807, 2.05) is 90.9 Å².